The molecule has 0 atom stereocenters. The molecule has 2 aromatic rings. The second-order valence-corrected chi connectivity index (χ2v) is 4.84. The van der Waals surface area contributed by atoms with Gasteiger partial charge in [-0.05, 0) is 37.6 Å². The first-order valence-electron chi connectivity index (χ1n) is 7.15. The van der Waals surface area contributed by atoms with Crippen molar-refractivity contribution >= 4 is 0 Å². The molecule has 0 unspecified atom stereocenters. The molecular formula is C17H21NO3. The van der Waals surface area contributed by atoms with E-state index in [1.54, 1.807) is 0 Å². The maximum Gasteiger partial charge on any atom is 0.130 e. The first kappa shape index (κ1) is 15.3. The lowest BCUT2D eigenvalue weighted by atomic mass is 10.2. The summed E-state index contributed by atoms with van der Waals surface area (Å²) >= 11 is 0. The van der Waals surface area contributed by atoms with Gasteiger partial charge in [0.1, 0.15) is 18.1 Å². The van der Waals surface area contributed by atoms with Gasteiger partial charge in [0.05, 0.1) is 18.9 Å². The summed E-state index contributed by atoms with van der Waals surface area (Å²) in [5, 5.41) is 9.39. The van der Waals surface area contributed by atoms with Crippen LogP contribution in [-0.2, 0) is 13.2 Å². The second kappa shape index (κ2) is 7.64. The third kappa shape index (κ3) is 4.46. The van der Waals surface area contributed by atoms with E-state index in [4.69, 9.17) is 9.47 Å². The van der Waals surface area contributed by atoms with Crippen LogP contribution in [0.4, 0.5) is 0 Å². The number of pyridine rings is 1. The number of aryl methyl sites for hydroxylation is 1. The van der Waals surface area contributed by atoms with Gasteiger partial charge in [0.25, 0.3) is 0 Å². The number of ether oxygens (including phenoxy) is 2. The van der Waals surface area contributed by atoms with E-state index in [0.29, 0.717) is 19.0 Å². The number of hydrogen-bond donors (Lipinski definition) is 1. The minimum Gasteiger partial charge on any atom is -0.493 e. The highest BCUT2D eigenvalue weighted by Crippen LogP contribution is 2.26. The minimum absolute atomic E-state index is 0.0648. The van der Waals surface area contributed by atoms with E-state index in [9.17, 15) is 5.11 Å². The Balaban J connectivity index is 2.09. The van der Waals surface area contributed by atoms with Gasteiger partial charge in [0.15, 0.2) is 0 Å². The van der Waals surface area contributed by atoms with Crippen LogP contribution in [0.3, 0.4) is 0 Å². The number of rotatable bonds is 7. The van der Waals surface area contributed by atoms with Crippen molar-refractivity contribution in [2.24, 2.45) is 0 Å². The zero-order chi connectivity index (χ0) is 15.1. The first-order valence-corrected chi connectivity index (χ1v) is 7.15. The van der Waals surface area contributed by atoms with Gasteiger partial charge in [-0.3, -0.25) is 4.98 Å². The molecule has 2 rings (SSSR count). The smallest absolute Gasteiger partial charge is 0.130 e. The van der Waals surface area contributed by atoms with Crippen LogP contribution in [0.25, 0.3) is 0 Å². The molecule has 4 heteroatoms. The Labute approximate surface area is 125 Å². The van der Waals surface area contributed by atoms with Crippen LogP contribution in [0.15, 0.2) is 36.4 Å². The standard InChI is InChI=1S/C17H21NO3/c1-3-9-20-16-8-7-14(11-19)17(10-16)21-12-15-6-4-5-13(2)18-15/h4-8,10,19H,3,9,11-12H2,1-2H3. The van der Waals surface area contributed by atoms with E-state index >= 15 is 0 Å². The Morgan fingerprint density at radius 2 is 2.00 bits per heavy atom. The maximum absolute atomic E-state index is 9.39. The molecular weight excluding hydrogens is 266 g/mol. The van der Waals surface area contributed by atoms with Gasteiger partial charge in [-0.1, -0.05) is 13.0 Å². The highest BCUT2D eigenvalue weighted by molar-refractivity contribution is 5.40. The molecule has 0 radical (unpaired) electrons. The van der Waals surface area contributed by atoms with E-state index in [2.05, 4.69) is 11.9 Å². The zero-order valence-corrected chi connectivity index (χ0v) is 12.5. The lowest BCUT2D eigenvalue weighted by Gasteiger charge is -2.12. The van der Waals surface area contributed by atoms with Crippen molar-refractivity contribution in [1.29, 1.82) is 0 Å². The van der Waals surface area contributed by atoms with Crippen molar-refractivity contribution in [1.82, 2.24) is 4.98 Å². The summed E-state index contributed by atoms with van der Waals surface area (Å²) in [4.78, 5) is 4.40. The fraction of sp³-hybridized carbons (Fsp3) is 0.353. The fourth-order valence-electron chi connectivity index (χ4n) is 1.94. The molecule has 0 bridgehead atoms. The molecule has 0 amide bonds. The highest BCUT2D eigenvalue weighted by Gasteiger charge is 2.06. The molecule has 0 aliphatic carbocycles. The topological polar surface area (TPSA) is 51.6 Å². The van der Waals surface area contributed by atoms with Crippen LogP contribution in [0.1, 0.15) is 30.3 Å². The second-order valence-electron chi connectivity index (χ2n) is 4.84. The summed E-state index contributed by atoms with van der Waals surface area (Å²) < 4.78 is 11.4. The number of benzene rings is 1. The number of nitrogens with zero attached hydrogens (tertiary/aromatic N) is 1. The summed E-state index contributed by atoms with van der Waals surface area (Å²) in [6.45, 7) is 4.97. The largest absolute Gasteiger partial charge is 0.493 e. The SMILES string of the molecule is CCCOc1ccc(CO)c(OCc2cccc(C)n2)c1. The van der Waals surface area contributed by atoms with Gasteiger partial charge in [0.2, 0.25) is 0 Å². The molecule has 1 aromatic heterocycles. The van der Waals surface area contributed by atoms with E-state index in [1.807, 2.05) is 43.3 Å². The first-order chi connectivity index (χ1) is 10.2. The average molecular weight is 287 g/mol. The van der Waals surface area contributed by atoms with Crippen LogP contribution in [0, 0.1) is 6.92 Å². The molecule has 21 heavy (non-hydrogen) atoms. The lowest BCUT2D eigenvalue weighted by Crippen LogP contribution is -2.02. The molecule has 0 fully saturated rings. The maximum atomic E-state index is 9.39. The van der Waals surface area contributed by atoms with Crippen LogP contribution >= 0.6 is 0 Å². The van der Waals surface area contributed by atoms with Gasteiger partial charge >= 0.3 is 0 Å². The Bertz CT molecular complexity index is 584. The lowest BCUT2D eigenvalue weighted by molar-refractivity contribution is 0.255. The summed E-state index contributed by atoms with van der Waals surface area (Å²) in [5.74, 6) is 1.38. The monoisotopic (exact) mass is 287 g/mol. The molecule has 1 N–H and O–H groups in total. The van der Waals surface area contributed by atoms with Crippen molar-refractivity contribution in [3.05, 3.63) is 53.3 Å². The Kier molecular flexibility index (Phi) is 5.58. The van der Waals surface area contributed by atoms with Crippen LogP contribution in [0.5, 0.6) is 11.5 Å². The van der Waals surface area contributed by atoms with Gasteiger partial charge in [0, 0.05) is 17.3 Å². The third-order valence-corrected chi connectivity index (χ3v) is 3.00. The van der Waals surface area contributed by atoms with Crippen molar-refractivity contribution < 1.29 is 14.6 Å². The highest BCUT2D eigenvalue weighted by atomic mass is 16.5. The molecule has 0 aliphatic rings. The van der Waals surface area contributed by atoms with Gasteiger partial charge in [-0.2, -0.15) is 0 Å². The Hall–Kier alpha value is -2.07. The molecule has 1 aromatic carbocycles. The van der Waals surface area contributed by atoms with Crippen molar-refractivity contribution in [3.63, 3.8) is 0 Å². The molecule has 0 saturated carbocycles. The van der Waals surface area contributed by atoms with E-state index in [1.165, 1.54) is 0 Å². The Morgan fingerprint density at radius 1 is 1.14 bits per heavy atom. The molecule has 0 spiro atoms. The summed E-state index contributed by atoms with van der Waals surface area (Å²) in [5.41, 5.74) is 2.56. The molecule has 0 saturated heterocycles. The molecule has 0 aliphatic heterocycles. The van der Waals surface area contributed by atoms with Gasteiger partial charge < -0.3 is 14.6 Å². The van der Waals surface area contributed by atoms with Crippen LogP contribution in [-0.4, -0.2) is 16.7 Å². The van der Waals surface area contributed by atoms with E-state index in [-0.39, 0.29) is 6.61 Å². The van der Waals surface area contributed by atoms with Crippen molar-refractivity contribution in [3.8, 4) is 11.5 Å². The number of aromatic nitrogens is 1. The predicted molar refractivity (Wildman–Crippen MR) is 81.5 cm³/mol. The molecule has 112 valence electrons. The van der Waals surface area contributed by atoms with Crippen LogP contribution < -0.4 is 9.47 Å². The Morgan fingerprint density at radius 3 is 2.71 bits per heavy atom. The number of hydrogen-bond acceptors (Lipinski definition) is 4. The fourth-order valence-corrected chi connectivity index (χ4v) is 1.94. The number of aliphatic hydroxyl groups is 1. The van der Waals surface area contributed by atoms with Gasteiger partial charge in [-0.15, -0.1) is 0 Å². The summed E-state index contributed by atoms with van der Waals surface area (Å²) in [7, 11) is 0. The predicted octanol–water partition coefficient (Wildman–Crippen LogP) is 3.25. The van der Waals surface area contributed by atoms with Crippen LogP contribution in [0.2, 0.25) is 0 Å². The molecule has 1 heterocycles. The normalized spacial score (nSPS) is 10.4. The number of aliphatic hydroxyl groups excluding tert-OH is 1. The van der Waals surface area contributed by atoms with E-state index < -0.39 is 0 Å². The third-order valence-electron chi connectivity index (χ3n) is 3.00. The van der Waals surface area contributed by atoms with Crippen molar-refractivity contribution in [2.45, 2.75) is 33.5 Å². The van der Waals surface area contributed by atoms with E-state index in [0.717, 1.165) is 29.1 Å². The zero-order valence-electron chi connectivity index (χ0n) is 12.5. The summed E-state index contributed by atoms with van der Waals surface area (Å²) in [6, 6.07) is 11.3. The van der Waals surface area contributed by atoms with Gasteiger partial charge in [-0.25, -0.2) is 0 Å². The molecule has 4 nitrogen and oxygen atoms in total. The summed E-state index contributed by atoms with van der Waals surface area (Å²) in [6.07, 6.45) is 0.950. The minimum atomic E-state index is -0.0648. The van der Waals surface area contributed by atoms with Crippen molar-refractivity contribution in [2.75, 3.05) is 6.61 Å². The quantitative estimate of drug-likeness (QED) is 0.849. The average Bonchev–Trinajstić information content (AvgIpc) is 2.51.